The second-order valence-corrected chi connectivity index (χ2v) is 3.31. The number of hydrogen-bond donors (Lipinski definition) is 1. The van der Waals surface area contributed by atoms with Crippen LogP contribution in [0, 0.1) is 11.3 Å². The Kier molecular flexibility index (Phi) is 0.762. The smallest absolute Gasteiger partial charge is 0.0490 e. The molecule has 2 fully saturated rings. The van der Waals surface area contributed by atoms with Gasteiger partial charge in [-0.25, -0.2) is 0 Å². The molecule has 0 aliphatic heterocycles. The summed E-state index contributed by atoms with van der Waals surface area (Å²) in [5, 5.41) is 8.87. The van der Waals surface area contributed by atoms with Crippen molar-refractivity contribution in [3.8, 4) is 0 Å². The van der Waals surface area contributed by atoms with Crippen molar-refractivity contribution in [1.82, 2.24) is 0 Å². The first-order valence-corrected chi connectivity index (χ1v) is 3.48. The first-order chi connectivity index (χ1) is 3.87. The van der Waals surface area contributed by atoms with Crippen LogP contribution >= 0.6 is 0 Å². The molecule has 2 atom stereocenters. The highest BCUT2D eigenvalue weighted by Crippen LogP contribution is 2.62. The molecule has 0 spiro atoms. The van der Waals surface area contributed by atoms with Gasteiger partial charge in [0, 0.05) is 6.61 Å². The van der Waals surface area contributed by atoms with Crippen LogP contribution in [0.2, 0.25) is 0 Å². The minimum absolute atomic E-state index is 0.456. The largest absolute Gasteiger partial charge is 0.396 e. The van der Waals surface area contributed by atoms with Gasteiger partial charge in [0.2, 0.25) is 0 Å². The van der Waals surface area contributed by atoms with Crippen LogP contribution in [-0.2, 0) is 0 Å². The summed E-state index contributed by atoms with van der Waals surface area (Å²) in [7, 11) is 0. The fourth-order valence-electron chi connectivity index (χ4n) is 2.12. The van der Waals surface area contributed by atoms with Crippen molar-refractivity contribution in [3.05, 3.63) is 0 Å². The predicted molar refractivity (Wildman–Crippen MR) is 31.5 cm³/mol. The lowest BCUT2D eigenvalue weighted by Gasteiger charge is -2.03. The van der Waals surface area contributed by atoms with Crippen LogP contribution in [0.4, 0.5) is 0 Å². The highest BCUT2D eigenvalue weighted by atomic mass is 16.3. The SMILES string of the molecule is OC[C@]12CCC[C@@H]1C2. The van der Waals surface area contributed by atoms with Crippen LogP contribution in [0.1, 0.15) is 25.7 Å². The molecular weight excluding hydrogens is 100 g/mol. The minimum Gasteiger partial charge on any atom is -0.396 e. The van der Waals surface area contributed by atoms with E-state index in [-0.39, 0.29) is 0 Å². The molecule has 1 nitrogen and oxygen atoms in total. The zero-order chi connectivity index (χ0) is 5.61. The molecule has 0 aromatic carbocycles. The molecule has 2 saturated carbocycles. The molecule has 46 valence electrons. The molecule has 0 aromatic heterocycles. The summed E-state index contributed by atoms with van der Waals surface area (Å²) in [5.41, 5.74) is 0.458. The van der Waals surface area contributed by atoms with Gasteiger partial charge >= 0.3 is 0 Å². The van der Waals surface area contributed by atoms with Crippen molar-refractivity contribution in [3.63, 3.8) is 0 Å². The third-order valence-corrected chi connectivity index (χ3v) is 2.90. The number of fused-ring (bicyclic) bond motifs is 1. The van der Waals surface area contributed by atoms with Gasteiger partial charge in [-0.15, -0.1) is 0 Å². The molecule has 0 saturated heterocycles. The Hall–Kier alpha value is -0.0400. The lowest BCUT2D eigenvalue weighted by Crippen LogP contribution is -2.03. The van der Waals surface area contributed by atoms with Gasteiger partial charge in [0.1, 0.15) is 0 Å². The molecular formula is C7H12O. The number of rotatable bonds is 1. The van der Waals surface area contributed by atoms with Crippen LogP contribution < -0.4 is 0 Å². The molecule has 1 N–H and O–H groups in total. The zero-order valence-electron chi connectivity index (χ0n) is 5.06. The number of aliphatic hydroxyl groups is 1. The van der Waals surface area contributed by atoms with E-state index in [9.17, 15) is 0 Å². The van der Waals surface area contributed by atoms with Crippen LogP contribution in [0.5, 0.6) is 0 Å². The first-order valence-electron chi connectivity index (χ1n) is 3.48. The Labute approximate surface area is 49.7 Å². The van der Waals surface area contributed by atoms with Crippen LogP contribution in [-0.4, -0.2) is 11.7 Å². The molecule has 1 heteroatoms. The highest BCUT2D eigenvalue weighted by Gasteiger charge is 2.55. The topological polar surface area (TPSA) is 20.2 Å². The molecule has 2 aliphatic rings. The van der Waals surface area contributed by atoms with Crippen LogP contribution in [0.3, 0.4) is 0 Å². The Balaban J connectivity index is 2.08. The summed E-state index contributed by atoms with van der Waals surface area (Å²) in [6.07, 6.45) is 5.38. The molecule has 0 bridgehead atoms. The fourth-order valence-corrected chi connectivity index (χ4v) is 2.12. The quantitative estimate of drug-likeness (QED) is 0.540. The molecule has 8 heavy (non-hydrogen) atoms. The Morgan fingerprint density at radius 3 is 2.75 bits per heavy atom. The van der Waals surface area contributed by atoms with Gasteiger partial charge < -0.3 is 5.11 Å². The molecule has 0 heterocycles. The molecule has 0 unspecified atom stereocenters. The van der Waals surface area contributed by atoms with Crippen LogP contribution in [0.25, 0.3) is 0 Å². The van der Waals surface area contributed by atoms with E-state index in [0.29, 0.717) is 12.0 Å². The van der Waals surface area contributed by atoms with Gasteiger partial charge in [0.15, 0.2) is 0 Å². The summed E-state index contributed by atoms with van der Waals surface area (Å²) in [5.74, 6) is 0.924. The maximum absolute atomic E-state index is 8.87. The van der Waals surface area contributed by atoms with Gasteiger partial charge in [0.05, 0.1) is 0 Å². The van der Waals surface area contributed by atoms with E-state index < -0.39 is 0 Å². The maximum atomic E-state index is 8.87. The molecule has 0 aromatic rings. The van der Waals surface area contributed by atoms with Crippen molar-refractivity contribution in [2.24, 2.45) is 11.3 Å². The lowest BCUT2D eigenvalue weighted by atomic mass is 10.1. The predicted octanol–water partition coefficient (Wildman–Crippen LogP) is 1.17. The molecule has 0 radical (unpaired) electrons. The van der Waals surface area contributed by atoms with Crippen molar-refractivity contribution >= 4 is 0 Å². The van der Waals surface area contributed by atoms with E-state index in [4.69, 9.17) is 5.11 Å². The molecule has 0 amide bonds. The summed E-state index contributed by atoms with van der Waals surface area (Å²) >= 11 is 0. The fraction of sp³-hybridized carbons (Fsp3) is 1.00. The third-order valence-electron chi connectivity index (χ3n) is 2.90. The third kappa shape index (κ3) is 0.408. The van der Waals surface area contributed by atoms with Crippen LogP contribution in [0.15, 0.2) is 0 Å². The average molecular weight is 112 g/mol. The van der Waals surface area contributed by atoms with Crippen molar-refractivity contribution < 1.29 is 5.11 Å². The monoisotopic (exact) mass is 112 g/mol. The maximum Gasteiger partial charge on any atom is 0.0490 e. The standard InChI is InChI=1S/C7H12O/c8-5-7-3-1-2-6(7)4-7/h6,8H,1-5H2/t6-,7-/m1/s1. The number of aliphatic hydroxyl groups excluding tert-OH is 1. The van der Waals surface area contributed by atoms with E-state index in [1.165, 1.54) is 25.7 Å². The van der Waals surface area contributed by atoms with Gasteiger partial charge in [-0.05, 0) is 30.6 Å². The molecule has 2 aliphatic carbocycles. The van der Waals surface area contributed by atoms with E-state index >= 15 is 0 Å². The summed E-state index contributed by atoms with van der Waals surface area (Å²) in [6, 6.07) is 0. The second-order valence-electron chi connectivity index (χ2n) is 3.31. The van der Waals surface area contributed by atoms with E-state index in [0.717, 1.165) is 5.92 Å². The lowest BCUT2D eigenvalue weighted by molar-refractivity contribution is 0.205. The van der Waals surface area contributed by atoms with E-state index in [1.54, 1.807) is 0 Å². The average Bonchev–Trinajstić information content (AvgIpc) is 2.38. The van der Waals surface area contributed by atoms with Crippen molar-refractivity contribution in [1.29, 1.82) is 0 Å². The van der Waals surface area contributed by atoms with E-state index in [2.05, 4.69) is 0 Å². The van der Waals surface area contributed by atoms with Gasteiger partial charge in [-0.2, -0.15) is 0 Å². The van der Waals surface area contributed by atoms with Gasteiger partial charge in [-0.1, -0.05) is 6.42 Å². The summed E-state index contributed by atoms with van der Waals surface area (Å²) < 4.78 is 0. The van der Waals surface area contributed by atoms with Crippen molar-refractivity contribution in [2.75, 3.05) is 6.61 Å². The van der Waals surface area contributed by atoms with Crippen molar-refractivity contribution in [2.45, 2.75) is 25.7 Å². The number of hydrogen-bond acceptors (Lipinski definition) is 1. The van der Waals surface area contributed by atoms with Gasteiger partial charge in [-0.3, -0.25) is 0 Å². The summed E-state index contributed by atoms with van der Waals surface area (Å²) in [6.45, 7) is 0.456. The summed E-state index contributed by atoms with van der Waals surface area (Å²) in [4.78, 5) is 0. The second kappa shape index (κ2) is 1.27. The Bertz CT molecular complexity index is 107. The van der Waals surface area contributed by atoms with E-state index in [1.807, 2.05) is 0 Å². The highest BCUT2D eigenvalue weighted by molar-refractivity contribution is 5.05. The Morgan fingerprint density at radius 1 is 1.62 bits per heavy atom. The first kappa shape index (κ1) is 4.80. The Morgan fingerprint density at radius 2 is 2.50 bits per heavy atom. The normalized spacial score (nSPS) is 51.4. The minimum atomic E-state index is 0.456. The van der Waals surface area contributed by atoms with Gasteiger partial charge in [0.25, 0.3) is 0 Å². The zero-order valence-corrected chi connectivity index (χ0v) is 5.06. The molecule has 2 rings (SSSR count).